The van der Waals surface area contributed by atoms with Crippen molar-refractivity contribution in [3.63, 3.8) is 0 Å². The molecular weight excluding hydrogens is 438 g/mol. The number of para-hydroxylation sites is 1. The highest BCUT2D eigenvalue weighted by atomic mass is 35.5. The van der Waals surface area contributed by atoms with Gasteiger partial charge in [-0.15, -0.1) is 0 Å². The maximum absolute atomic E-state index is 13.6. The molecule has 1 unspecified atom stereocenters. The number of fused-ring (bicyclic) bond motifs is 2. The normalized spacial score (nSPS) is 15.2. The second kappa shape index (κ2) is 8.75. The molecule has 0 radical (unpaired) electrons. The molecular formula is C27H22ClNO4. The third-order valence-electron chi connectivity index (χ3n) is 5.79. The number of benzene rings is 3. The standard InChI is InChI=1S/C27H22ClNO4/c1-2-14-32-20-7-5-6-18(15-20)24-23-25(30)21-8-3-4-9-22(21)33-26(23)27(31)29(24)16-17-10-12-19(28)13-11-17/h3-13,15,24H,2,14,16H2,1H3. The predicted molar refractivity (Wildman–Crippen MR) is 128 cm³/mol. The molecule has 0 saturated carbocycles. The van der Waals surface area contributed by atoms with Crippen LogP contribution in [0.5, 0.6) is 5.75 Å². The fraction of sp³-hybridized carbons (Fsp3) is 0.185. The number of nitrogens with zero attached hydrogens (tertiary/aromatic N) is 1. The van der Waals surface area contributed by atoms with Crippen molar-refractivity contribution in [1.29, 1.82) is 0 Å². The van der Waals surface area contributed by atoms with Gasteiger partial charge in [0.15, 0.2) is 5.43 Å². The molecule has 33 heavy (non-hydrogen) atoms. The van der Waals surface area contributed by atoms with Gasteiger partial charge in [-0.05, 0) is 53.9 Å². The van der Waals surface area contributed by atoms with E-state index in [0.29, 0.717) is 40.5 Å². The highest BCUT2D eigenvalue weighted by Crippen LogP contribution is 2.40. The van der Waals surface area contributed by atoms with Gasteiger partial charge in [-0.25, -0.2) is 0 Å². The minimum Gasteiger partial charge on any atom is -0.494 e. The fourth-order valence-electron chi connectivity index (χ4n) is 4.26. The first-order valence-corrected chi connectivity index (χ1v) is 11.3. The highest BCUT2D eigenvalue weighted by Gasteiger charge is 2.42. The van der Waals surface area contributed by atoms with Crippen LogP contribution < -0.4 is 10.2 Å². The van der Waals surface area contributed by atoms with E-state index in [4.69, 9.17) is 20.8 Å². The molecule has 2 heterocycles. The van der Waals surface area contributed by atoms with Crippen LogP contribution >= 0.6 is 11.6 Å². The lowest BCUT2D eigenvalue weighted by Crippen LogP contribution is -2.29. The van der Waals surface area contributed by atoms with E-state index in [1.807, 2.05) is 43.3 Å². The summed E-state index contributed by atoms with van der Waals surface area (Å²) in [7, 11) is 0. The van der Waals surface area contributed by atoms with E-state index in [2.05, 4.69) is 0 Å². The second-order valence-electron chi connectivity index (χ2n) is 8.05. The second-order valence-corrected chi connectivity index (χ2v) is 8.49. The van der Waals surface area contributed by atoms with Gasteiger partial charge in [0.1, 0.15) is 11.3 Å². The summed E-state index contributed by atoms with van der Waals surface area (Å²) in [6.45, 7) is 2.94. The largest absolute Gasteiger partial charge is 0.494 e. The first kappa shape index (κ1) is 21.3. The van der Waals surface area contributed by atoms with Gasteiger partial charge < -0.3 is 14.1 Å². The SMILES string of the molecule is CCCOc1cccc(C2c3c(oc4ccccc4c3=O)C(=O)N2Cc2ccc(Cl)cc2)c1. The zero-order valence-corrected chi connectivity index (χ0v) is 18.8. The zero-order chi connectivity index (χ0) is 22.9. The maximum atomic E-state index is 13.6. The molecule has 0 saturated heterocycles. The molecule has 6 heteroatoms. The minimum absolute atomic E-state index is 0.0949. The Kier molecular flexibility index (Phi) is 5.65. The Balaban J connectivity index is 1.67. The zero-order valence-electron chi connectivity index (χ0n) is 18.1. The monoisotopic (exact) mass is 459 g/mol. The molecule has 0 fully saturated rings. The van der Waals surface area contributed by atoms with Crippen LogP contribution in [0.25, 0.3) is 11.0 Å². The topological polar surface area (TPSA) is 59.8 Å². The molecule has 0 N–H and O–H groups in total. The lowest BCUT2D eigenvalue weighted by molar-refractivity contribution is 0.0714. The van der Waals surface area contributed by atoms with Gasteiger partial charge in [-0.2, -0.15) is 0 Å². The lowest BCUT2D eigenvalue weighted by Gasteiger charge is -2.25. The third kappa shape index (κ3) is 3.89. The van der Waals surface area contributed by atoms with E-state index in [0.717, 1.165) is 17.5 Å². The van der Waals surface area contributed by atoms with Gasteiger partial charge in [0, 0.05) is 11.6 Å². The van der Waals surface area contributed by atoms with Gasteiger partial charge in [0.2, 0.25) is 5.76 Å². The summed E-state index contributed by atoms with van der Waals surface area (Å²) in [5.41, 5.74) is 2.28. The van der Waals surface area contributed by atoms with Gasteiger partial charge in [0.05, 0.1) is 23.6 Å². The van der Waals surface area contributed by atoms with Crippen molar-refractivity contribution >= 4 is 28.5 Å². The Morgan fingerprint density at radius 1 is 1.00 bits per heavy atom. The number of halogens is 1. The van der Waals surface area contributed by atoms with Crippen molar-refractivity contribution in [2.45, 2.75) is 25.9 Å². The van der Waals surface area contributed by atoms with Crippen LogP contribution in [-0.2, 0) is 6.54 Å². The summed E-state index contributed by atoms with van der Waals surface area (Å²) < 4.78 is 11.8. The summed E-state index contributed by atoms with van der Waals surface area (Å²) in [6.07, 6.45) is 0.882. The smallest absolute Gasteiger partial charge is 0.291 e. The Hall–Kier alpha value is -3.57. The lowest BCUT2D eigenvalue weighted by atomic mass is 9.98. The fourth-order valence-corrected chi connectivity index (χ4v) is 4.38. The Morgan fingerprint density at radius 3 is 2.58 bits per heavy atom. The molecule has 5 rings (SSSR count). The van der Waals surface area contributed by atoms with E-state index < -0.39 is 6.04 Å². The number of carbonyl (C=O) groups is 1. The molecule has 1 atom stereocenters. The summed E-state index contributed by atoms with van der Waals surface area (Å²) in [5.74, 6) is 0.483. The minimum atomic E-state index is -0.589. The van der Waals surface area contributed by atoms with Crippen molar-refractivity contribution in [2.24, 2.45) is 0 Å². The van der Waals surface area contributed by atoms with E-state index in [1.54, 1.807) is 41.3 Å². The van der Waals surface area contributed by atoms with Crippen LogP contribution in [0.2, 0.25) is 5.02 Å². The maximum Gasteiger partial charge on any atom is 0.291 e. The Morgan fingerprint density at radius 2 is 1.79 bits per heavy atom. The van der Waals surface area contributed by atoms with Gasteiger partial charge in [-0.1, -0.05) is 54.9 Å². The summed E-state index contributed by atoms with van der Waals surface area (Å²) in [5, 5.41) is 1.08. The van der Waals surface area contributed by atoms with Crippen molar-refractivity contribution in [3.8, 4) is 5.75 Å². The van der Waals surface area contributed by atoms with Crippen molar-refractivity contribution in [2.75, 3.05) is 6.61 Å². The van der Waals surface area contributed by atoms with Crippen LogP contribution in [0.15, 0.2) is 82.0 Å². The summed E-state index contributed by atoms with van der Waals surface area (Å²) in [4.78, 5) is 28.8. The predicted octanol–water partition coefficient (Wildman–Crippen LogP) is 5.98. The van der Waals surface area contributed by atoms with Gasteiger partial charge in [0.25, 0.3) is 5.91 Å². The quantitative estimate of drug-likeness (QED) is 0.356. The Bertz CT molecular complexity index is 1390. The number of hydrogen-bond acceptors (Lipinski definition) is 4. The molecule has 1 aliphatic heterocycles. The molecule has 1 aromatic heterocycles. The number of amides is 1. The molecule has 4 aromatic rings. The number of ether oxygens (including phenoxy) is 1. The van der Waals surface area contributed by atoms with Gasteiger partial charge >= 0.3 is 0 Å². The third-order valence-corrected chi connectivity index (χ3v) is 6.04. The van der Waals surface area contributed by atoms with E-state index in [1.165, 1.54) is 0 Å². The van der Waals surface area contributed by atoms with Crippen molar-refractivity contribution in [3.05, 3.63) is 110 Å². The number of carbonyl (C=O) groups excluding carboxylic acids is 1. The number of rotatable bonds is 6. The van der Waals surface area contributed by atoms with Crippen molar-refractivity contribution in [1.82, 2.24) is 4.90 Å². The van der Waals surface area contributed by atoms with Crippen molar-refractivity contribution < 1.29 is 13.9 Å². The molecule has 3 aromatic carbocycles. The van der Waals surface area contributed by atoms with E-state index >= 15 is 0 Å². The first-order valence-electron chi connectivity index (χ1n) is 10.9. The summed E-state index contributed by atoms with van der Waals surface area (Å²) in [6, 6.07) is 21.3. The Labute approximate surface area is 196 Å². The first-order chi connectivity index (χ1) is 16.1. The van der Waals surface area contributed by atoms with Crippen LogP contribution in [-0.4, -0.2) is 17.4 Å². The molecule has 166 valence electrons. The van der Waals surface area contributed by atoms with E-state index in [9.17, 15) is 9.59 Å². The van der Waals surface area contributed by atoms with E-state index in [-0.39, 0.29) is 17.1 Å². The average molecular weight is 460 g/mol. The molecule has 0 bridgehead atoms. The summed E-state index contributed by atoms with van der Waals surface area (Å²) >= 11 is 6.04. The average Bonchev–Trinajstić information content (AvgIpc) is 3.11. The molecule has 5 nitrogen and oxygen atoms in total. The highest BCUT2D eigenvalue weighted by molar-refractivity contribution is 6.30. The van der Waals surface area contributed by atoms with Gasteiger partial charge in [-0.3, -0.25) is 9.59 Å². The number of hydrogen-bond donors (Lipinski definition) is 0. The molecule has 0 aliphatic carbocycles. The van der Waals surface area contributed by atoms with Crippen LogP contribution in [0.4, 0.5) is 0 Å². The van der Waals surface area contributed by atoms with Crippen LogP contribution in [0.3, 0.4) is 0 Å². The molecule has 0 spiro atoms. The van der Waals surface area contributed by atoms with Crippen LogP contribution in [0, 0.1) is 0 Å². The molecule has 1 amide bonds. The van der Waals surface area contributed by atoms with Crippen LogP contribution in [0.1, 0.15) is 46.6 Å². The molecule has 1 aliphatic rings.